The molecule has 0 fully saturated rings. The molecule has 1 aromatic heterocycles. The molecular formula is C13H13BrFN3O3. The van der Waals surface area contributed by atoms with Crippen molar-refractivity contribution in [2.75, 3.05) is 0 Å². The van der Waals surface area contributed by atoms with Crippen molar-refractivity contribution in [3.05, 3.63) is 44.3 Å². The summed E-state index contributed by atoms with van der Waals surface area (Å²) < 4.78 is 20.3. The van der Waals surface area contributed by atoms with Crippen molar-refractivity contribution in [3.8, 4) is 11.6 Å². The van der Waals surface area contributed by atoms with E-state index in [1.165, 1.54) is 22.9 Å². The number of hydrogen-bond donors (Lipinski definition) is 0. The van der Waals surface area contributed by atoms with Crippen LogP contribution in [0.1, 0.15) is 25.5 Å². The molecule has 0 aliphatic rings. The van der Waals surface area contributed by atoms with Gasteiger partial charge in [-0.1, -0.05) is 13.8 Å². The molecule has 112 valence electrons. The molecule has 1 heterocycles. The van der Waals surface area contributed by atoms with Gasteiger partial charge in [0.25, 0.3) is 5.88 Å². The van der Waals surface area contributed by atoms with Gasteiger partial charge in [0.2, 0.25) is 0 Å². The lowest BCUT2D eigenvalue weighted by Crippen LogP contribution is -1.98. The zero-order valence-electron chi connectivity index (χ0n) is 11.6. The van der Waals surface area contributed by atoms with Crippen LogP contribution in [0.4, 0.5) is 10.1 Å². The lowest BCUT2D eigenvalue weighted by atomic mass is 10.1. The SMILES string of the molecule is CC(C)c1nn(C)c(Oc2ccc(F)cc2Br)c1[N+](=O)[O-]. The van der Waals surface area contributed by atoms with Crippen LogP contribution in [0.2, 0.25) is 0 Å². The van der Waals surface area contributed by atoms with Gasteiger partial charge in [-0.2, -0.15) is 5.10 Å². The first-order valence-electron chi connectivity index (χ1n) is 6.15. The van der Waals surface area contributed by atoms with E-state index in [4.69, 9.17) is 4.74 Å². The molecule has 21 heavy (non-hydrogen) atoms. The average molecular weight is 358 g/mol. The number of nitro groups is 1. The molecule has 2 rings (SSSR count). The number of benzene rings is 1. The Morgan fingerprint density at radius 2 is 2.14 bits per heavy atom. The average Bonchev–Trinajstić information content (AvgIpc) is 2.70. The van der Waals surface area contributed by atoms with Gasteiger partial charge in [0.15, 0.2) is 0 Å². The highest BCUT2D eigenvalue weighted by molar-refractivity contribution is 9.10. The van der Waals surface area contributed by atoms with Crippen molar-refractivity contribution in [2.24, 2.45) is 7.05 Å². The summed E-state index contributed by atoms with van der Waals surface area (Å²) in [5.41, 5.74) is 0.166. The van der Waals surface area contributed by atoms with Gasteiger partial charge in [0.05, 0.1) is 9.40 Å². The number of aromatic nitrogens is 2. The predicted octanol–water partition coefficient (Wildman–Crippen LogP) is 4.15. The smallest absolute Gasteiger partial charge is 0.354 e. The Balaban J connectivity index is 2.51. The Hall–Kier alpha value is -1.96. The van der Waals surface area contributed by atoms with Crippen molar-refractivity contribution in [3.63, 3.8) is 0 Å². The highest BCUT2D eigenvalue weighted by Crippen LogP contribution is 2.39. The first-order chi connectivity index (χ1) is 9.81. The van der Waals surface area contributed by atoms with E-state index in [2.05, 4.69) is 21.0 Å². The molecule has 2 aromatic rings. The summed E-state index contributed by atoms with van der Waals surface area (Å²) in [4.78, 5) is 10.8. The molecule has 0 aliphatic heterocycles. The van der Waals surface area contributed by atoms with Crippen molar-refractivity contribution in [2.45, 2.75) is 19.8 Å². The van der Waals surface area contributed by atoms with Gasteiger partial charge in [-0.25, -0.2) is 9.07 Å². The molecule has 0 bridgehead atoms. The second kappa shape index (κ2) is 5.80. The number of hydrogen-bond acceptors (Lipinski definition) is 4. The topological polar surface area (TPSA) is 70.2 Å². The Labute approximate surface area is 128 Å². The fourth-order valence-electron chi connectivity index (χ4n) is 1.85. The van der Waals surface area contributed by atoms with Gasteiger partial charge >= 0.3 is 5.69 Å². The molecule has 0 N–H and O–H groups in total. The van der Waals surface area contributed by atoms with Crippen LogP contribution < -0.4 is 4.74 Å². The number of halogens is 2. The maximum absolute atomic E-state index is 13.1. The predicted molar refractivity (Wildman–Crippen MR) is 78.1 cm³/mol. The monoisotopic (exact) mass is 357 g/mol. The minimum Gasteiger partial charge on any atom is -0.433 e. The third-order valence-electron chi connectivity index (χ3n) is 2.83. The fourth-order valence-corrected chi connectivity index (χ4v) is 2.29. The first kappa shape index (κ1) is 15.4. The van der Waals surface area contributed by atoms with E-state index in [1.807, 2.05) is 13.8 Å². The van der Waals surface area contributed by atoms with E-state index in [-0.39, 0.29) is 23.2 Å². The molecule has 0 saturated heterocycles. The summed E-state index contributed by atoms with van der Waals surface area (Å²) in [6, 6.07) is 3.83. The van der Waals surface area contributed by atoms with Crippen molar-refractivity contribution >= 4 is 21.6 Å². The quantitative estimate of drug-likeness (QED) is 0.608. The number of rotatable bonds is 4. The van der Waals surface area contributed by atoms with E-state index >= 15 is 0 Å². The lowest BCUT2D eigenvalue weighted by molar-refractivity contribution is -0.386. The van der Waals surface area contributed by atoms with Gasteiger partial charge in [-0.3, -0.25) is 10.1 Å². The zero-order valence-corrected chi connectivity index (χ0v) is 13.2. The Kier molecular flexibility index (Phi) is 4.26. The highest BCUT2D eigenvalue weighted by atomic mass is 79.9. The highest BCUT2D eigenvalue weighted by Gasteiger charge is 2.30. The van der Waals surface area contributed by atoms with Crippen LogP contribution in [-0.2, 0) is 7.05 Å². The van der Waals surface area contributed by atoms with E-state index < -0.39 is 10.7 Å². The molecule has 0 saturated carbocycles. The molecule has 6 nitrogen and oxygen atoms in total. The van der Waals surface area contributed by atoms with Gasteiger partial charge in [0.1, 0.15) is 17.3 Å². The van der Waals surface area contributed by atoms with E-state index in [9.17, 15) is 14.5 Å². The molecule has 0 aliphatic carbocycles. The third kappa shape index (κ3) is 3.05. The Morgan fingerprint density at radius 3 is 2.67 bits per heavy atom. The van der Waals surface area contributed by atoms with E-state index in [0.717, 1.165) is 0 Å². The van der Waals surface area contributed by atoms with Crippen LogP contribution in [0.3, 0.4) is 0 Å². The van der Waals surface area contributed by atoms with Crippen molar-refractivity contribution in [1.29, 1.82) is 0 Å². The third-order valence-corrected chi connectivity index (χ3v) is 3.45. The summed E-state index contributed by atoms with van der Waals surface area (Å²) in [6.07, 6.45) is 0. The van der Waals surface area contributed by atoms with Gasteiger partial charge < -0.3 is 4.74 Å². The molecule has 0 amide bonds. The van der Waals surface area contributed by atoms with Crippen LogP contribution in [0.15, 0.2) is 22.7 Å². The fraction of sp³-hybridized carbons (Fsp3) is 0.308. The van der Waals surface area contributed by atoms with E-state index in [0.29, 0.717) is 10.2 Å². The van der Waals surface area contributed by atoms with Crippen LogP contribution in [0.5, 0.6) is 11.6 Å². The normalized spacial score (nSPS) is 11.0. The second-order valence-corrected chi connectivity index (χ2v) is 5.61. The van der Waals surface area contributed by atoms with Crippen molar-refractivity contribution < 1.29 is 14.1 Å². The largest absolute Gasteiger partial charge is 0.433 e. The van der Waals surface area contributed by atoms with Crippen molar-refractivity contribution in [1.82, 2.24) is 9.78 Å². The summed E-state index contributed by atoms with van der Waals surface area (Å²) >= 11 is 3.16. The summed E-state index contributed by atoms with van der Waals surface area (Å²) in [7, 11) is 1.56. The maximum atomic E-state index is 13.1. The first-order valence-corrected chi connectivity index (χ1v) is 6.94. The molecule has 8 heteroatoms. The van der Waals surface area contributed by atoms with Crippen LogP contribution in [0.25, 0.3) is 0 Å². The van der Waals surface area contributed by atoms with Crippen LogP contribution in [-0.4, -0.2) is 14.7 Å². The molecule has 1 aromatic carbocycles. The molecule has 0 unspecified atom stereocenters. The standard InChI is InChI=1S/C13H13BrFN3O3/c1-7(2)11-12(18(19)20)13(17(3)16-11)21-10-5-4-8(15)6-9(10)14/h4-7H,1-3H3. The number of ether oxygens (including phenoxy) is 1. The maximum Gasteiger partial charge on any atom is 0.354 e. The molecule has 0 atom stereocenters. The van der Waals surface area contributed by atoms with Crippen LogP contribution in [0, 0.1) is 15.9 Å². The summed E-state index contributed by atoms with van der Waals surface area (Å²) in [5, 5.41) is 15.4. The molecular weight excluding hydrogens is 345 g/mol. The number of aryl methyl sites for hydroxylation is 1. The number of nitrogens with zero attached hydrogens (tertiary/aromatic N) is 3. The minimum absolute atomic E-state index is 0.0102. The Bertz CT molecular complexity index is 700. The zero-order chi connectivity index (χ0) is 15.7. The minimum atomic E-state index is -0.519. The lowest BCUT2D eigenvalue weighted by Gasteiger charge is -2.07. The van der Waals surface area contributed by atoms with Gasteiger partial charge in [-0.15, -0.1) is 0 Å². The van der Waals surface area contributed by atoms with Gasteiger partial charge in [0, 0.05) is 13.0 Å². The van der Waals surface area contributed by atoms with E-state index in [1.54, 1.807) is 7.05 Å². The Morgan fingerprint density at radius 1 is 1.48 bits per heavy atom. The summed E-state index contributed by atoms with van der Waals surface area (Å²) in [6.45, 7) is 3.62. The second-order valence-electron chi connectivity index (χ2n) is 4.75. The van der Waals surface area contributed by atoms with Crippen LogP contribution >= 0.6 is 15.9 Å². The summed E-state index contributed by atoms with van der Waals surface area (Å²) in [5.74, 6) is -0.268. The molecule has 0 spiro atoms. The van der Waals surface area contributed by atoms with Gasteiger partial charge in [-0.05, 0) is 34.1 Å². The molecule has 0 radical (unpaired) electrons.